The van der Waals surface area contributed by atoms with E-state index in [0.717, 1.165) is 10.0 Å². The van der Waals surface area contributed by atoms with E-state index in [1.54, 1.807) is 42.5 Å². The van der Waals surface area contributed by atoms with Gasteiger partial charge in [0.25, 0.3) is 0 Å². The van der Waals surface area contributed by atoms with Gasteiger partial charge in [-0.15, -0.1) is 0 Å². The van der Waals surface area contributed by atoms with E-state index in [1.165, 1.54) is 6.92 Å². The van der Waals surface area contributed by atoms with Crippen LogP contribution in [0, 0.1) is 0 Å². The third-order valence-corrected chi connectivity index (χ3v) is 4.30. The molecule has 1 unspecified atom stereocenters. The van der Waals surface area contributed by atoms with Crippen molar-refractivity contribution >= 4 is 56.6 Å². The van der Waals surface area contributed by atoms with Gasteiger partial charge in [0.05, 0.1) is 23.2 Å². The molecule has 0 bridgehead atoms. The molecule has 24 heavy (non-hydrogen) atoms. The monoisotopic (exact) mass is 428 g/mol. The second kappa shape index (κ2) is 8.51. The molecule has 0 saturated heterocycles. The zero-order chi connectivity index (χ0) is 17.7. The Kier molecular flexibility index (Phi) is 6.66. The van der Waals surface area contributed by atoms with Crippen molar-refractivity contribution in [3.05, 3.63) is 62.5 Å². The number of carbonyl (C=O) groups is 2. The minimum atomic E-state index is -0.450. The molecule has 0 aliphatic rings. The summed E-state index contributed by atoms with van der Waals surface area (Å²) < 4.78 is 0.822. The Labute approximate surface area is 158 Å². The Morgan fingerprint density at radius 3 is 2.38 bits per heavy atom. The summed E-state index contributed by atoms with van der Waals surface area (Å²) in [4.78, 5) is 23.8. The molecule has 2 amide bonds. The molecule has 0 heterocycles. The summed E-state index contributed by atoms with van der Waals surface area (Å²) in [5, 5.41) is 6.55. The lowest BCUT2D eigenvalue weighted by Gasteiger charge is -2.18. The summed E-state index contributed by atoms with van der Waals surface area (Å²) in [7, 11) is 0. The van der Waals surface area contributed by atoms with E-state index in [9.17, 15) is 9.59 Å². The smallest absolute Gasteiger partial charge is 0.226 e. The summed E-state index contributed by atoms with van der Waals surface area (Å²) in [6, 6.07) is 11.7. The van der Waals surface area contributed by atoms with E-state index in [-0.39, 0.29) is 18.2 Å². The first-order valence-electron chi connectivity index (χ1n) is 7.12. The fourth-order valence-electron chi connectivity index (χ4n) is 2.17. The van der Waals surface area contributed by atoms with Gasteiger partial charge in [-0.2, -0.15) is 0 Å². The number of anilines is 1. The fourth-order valence-corrected chi connectivity index (χ4v) is 3.02. The molecule has 0 aromatic heterocycles. The van der Waals surface area contributed by atoms with Crippen LogP contribution in [0.25, 0.3) is 0 Å². The van der Waals surface area contributed by atoms with Crippen LogP contribution in [0.5, 0.6) is 0 Å². The summed E-state index contributed by atoms with van der Waals surface area (Å²) in [5.41, 5.74) is 1.31. The van der Waals surface area contributed by atoms with Gasteiger partial charge in [-0.3, -0.25) is 9.59 Å². The maximum Gasteiger partial charge on any atom is 0.226 e. The summed E-state index contributed by atoms with van der Waals surface area (Å²) in [5.74, 6) is -0.475. The largest absolute Gasteiger partial charge is 0.349 e. The van der Waals surface area contributed by atoms with E-state index < -0.39 is 6.04 Å². The molecular weight excluding hydrogens is 415 g/mol. The molecule has 126 valence electrons. The zero-order valence-corrected chi connectivity index (χ0v) is 15.9. The molecule has 0 radical (unpaired) electrons. The van der Waals surface area contributed by atoms with Gasteiger partial charge in [-0.25, -0.2) is 0 Å². The number of hydrogen-bond acceptors (Lipinski definition) is 2. The topological polar surface area (TPSA) is 58.2 Å². The number of amides is 2. The highest BCUT2D eigenvalue weighted by atomic mass is 79.9. The van der Waals surface area contributed by atoms with Crippen molar-refractivity contribution in [2.24, 2.45) is 0 Å². The Morgan fingerprint density at radius 1 is 1.12 bits per heavy atom. The number of halogens is 3. The predicted molar refractivity (Wildman–Crippen MR) is 100 cm³/mol. The van der Waals surface area contributed by atoms with E-state index in [4.69, 9.17) is 23.2 Å². The highest BCUT2D eigenvalue weighted by Crippen LogP contribution is 2.26. The molecular formula is C17H15BrCl2N2O2. The van der Waals surface area contributed by atoms with E-state index in [1.807, 2.05) is 0 Å². The van der Waals surface area contributed by atoms with Crippen LogP contribution in [0.4, 0.5) is 5.69 Å². The molecule has 0 saturated carbocycles. The van der Waals surface area contributed by atoms with Crippen molar-refractivity contribution in [1.29, 1.82) is 0 Å². The molecule has 2 N–H and O–H groups in total. The molecule has 0 aliphatic carbocycles. The fraction of sp³-hybridized carbons (Fsp3) is 0.176. The Bertz CT molecular complexity index is 751. The number of benzene rings is 2. The Morgan fingerprint density at radius 2 is 1.79 bits per heavy atom. The lowest BCUT2D eigenvalue weighted by molar-refractivity contribution is -0.120. The highest BCUT2D eigenvalue weighted by Gasteiger charge is 2.18. The van der Waals surface area contributed by atoms with E-state index in [0.29, 0.717) is 15.7 Å². The van der Waals surface area contributed by atoms with Crippen LogP contribution in [0.2, 0.25) is 10.0 Å². The number of nitrogens with one attached hydrogen (secondary N) is 2. The van der Waals surface area contributed by atoms with Gasteiger partial charge >= 0.3 is 0 Å². The van der Waals surface area contributed by atoms with Gasteiger partial charge < -0.3 is 10.6 Å². The maximum atomic E-state index is 12.3. The lowest BCUT2D eigenvalue weighted by atomic mass is 10.0. The van der Waals surface area contributed by atoms with Gasteiger partial charge in [-0.1, -0.05) is 51.3 Å². The summed E-state index contributed by atoms with van der Waals surface area (Å²) in [6.07, 6.45) is 0.0770. The van der Waals surface area contributed by atoms with Crippen molar-refractivity contribution < 1.29 is 9.59 Å². The van der Waals surface area contributed by atoms with Crippen LogP contribution >= 0.6 is 39.1 Å². The molecule has 2 aromatic rings. The standard InChI is InChI=1S/C17H15BrCl2N2O2/c1-10(23)21-16(11-2-5-13(19)6-3-11)9-17(24)22-15-7-4-12(18)8-14(15)20/h2-8,16H,9H2,1H3,(H,21,23)(H,22,24). The van der Waals surface area contributed by atoms with Crippen molar-refractivity contribution in [2.75, 3.05) is 5.32 Å². The van der Waals surface area contributed by atoms with Gasteiger partial charge in [0.2, 0.25) is 11.8 Å². The number of carbonyl (C=O) groups excluding carboxylic acids is 2. The number of rotatable bonds is 5. The maximum absolute atomic E-state index is 12.3. The molecule has 4 nitrogen and oxygen atoms in total. The molecule has 0 fully saturated rings. The van der Waals surface area contributed by atoms with Crippen LogP contribution in [-0.2, 0) is 9.59 Å². The van der Waals surface area contributed by atoms with Gasteiger partial charge in [0.15, 0.2) is 0 Å². The molecule has 7 heteroatoms. The van der Waals surface area contributed by atoms with Crippen LogP contribution in [-0.4, -0.2) is 11.8 Å². The lowest BCUT2D eigenvalue weighted by Crippen LogP contribution is -2.29. The molecule has 0 spiro atoms. The van der Waals surface area contributed by atoms with E-state index in [2.05, 4.69) is 26.6 Å². The molecule has 0 aliphatic heterocycles. The Hall–Kier alpha value is -1.56. The average Bonchev–Trinajstić information content (AvgIpc) is 2.50. The number of hydrogen-bond donors (Lipinski definition) is 2. The van der Waals surface area contributed by atoms with Crippen molar-refractivity contribution in [3.8, 4) is 0 Å². The van der Waals surface area contributed by atoms with Crippen molar-refractivity contribution in [2.45, 2.75) is 19.4 Å². The van der Waals surface area contributed by atoms with Crippen LogP contribution in [0.1, 0.15) is 24.9 Å². The zero-order valence-electron chi connectivity index (χ0n) is 12.8. The Balaban J connectivity index is 2.12. The van der Waals surface area contributed by atoms with E-state index >= 15 is 0 Å². The van der Waals surface area contributed by atoms with Crippen LogP contribution < -0.4 is 10.6 Å². The van der Waals surface area contributed by atoms with Gasteiger partial charge in [-0.05, 0) is 35.9 Å². The minimum Gasteiger partial charge on any atom is -0.349 e. The third-order valence-electron chi connectivity index (χ3n) is 3.24. The highest BCUT2D eigenvalue weighted by molar-refractivity contribution is 9.10. The third kappa shape index (κ3) is 5.51. The van der Waals surface area contributed by atoms with Gasteiger partial charge in [0, 0.05) is 16.4 Å². The second-order valence-corrected chi connectivity index (χ2v) is 6.94. The summed E-state index contributed by atoms with van der Waals surface area (Å²) in [6.45, 7) is 1.41. The summed E-state index contributed by atoms with van der Waals surface area (Å²) >= 11 is 15.3. The molecule has 1 atom stereocenters. The quantitative estimate of drug-likeness (QED) is 0.705. The van der Waals surface area contributed by atoms with Crippen LogP contribution in [0.15, 0.2) is 46.9 Å². The minimum absolute atomic E-state index is 0.0770. The first-order chi connectivity index (χ1) is 11.3. The van der Waals surface area contributed by atoms with Crippen molar-refractivity contribution in [1.82, 2.24) is 5.32 Å². The predicted octanol–water partition coefficient (Wildman–Crippen LogP) is 4.96. The normalized spacial score (nSPS) is 11.7. The van der Waals surface area contributed by atoms with Gasteiger partial charge in [0.1, 0.15) is 0 Å². The van der Waals surface area contributed by atoms with Crippen molar-refractivity contribution in [3.63, 3.8) is 0 Å². The first-order valence-corrected chi connectivity index (χ1v) is 8.67. The van der Waals surface area contributed by atoms with Crippen LogP contribution in [0.3, 0.4) is 0 Å². The second-order valence-electron chi connectivity index (χ2n) is 5.18. The SMILES string of the molecule is CC(=O)NC(CC(=O)Nc1ccc(Br)cc1Cl)c1ccc(Cl)cc1. The average molecular weight is 430 g/mol. The first kappa shape index (κ1) is 18.8. The molecule has 2 rings (SSSR count). The molecule has 2 aromatic carbocycles.